The van der Waals surface area contributed by atoms with E-state index in [-0.39, 0.29) is 18.0 Å². The van der Waals surface area contributed by atoms with E-state index in [0.29, 0.717) is 5.75 Å². The van der Waals surface area contributed by atoms with E-state index in [1.807, 2.05) is 60.7 Å². The van der Waals surface area contributed by atoms with Crippen LogP contribution in [0.2, 0.25) is 0 Å². The Labute approximate surface area is 151 Å². The molecular weight excluding hydrogens is 330 g/mol. The molecule has 0 saturated carbocycles. The lowest BCUT2D eigenvalue weighted by atomic mass is 9.89. The van der Waals surface area contributed by atoms with Gasteiger partial charge in [-0.25, -0.2) is 0 Å². The highest BCUT2D eigenvalue weighted by Gasteiger charge is 2.19. The molecule has 0 aliphatic rings. The average molecular weight is 347 g/mol. The summed E-state index contributed by atoms with van der Waals surface area (Å²) < 4.78 is 5.36. The van der Waals surface area contributed by atoms with E-state index in [9.17, 15) is 14.9 Å². The number of carbonyl (C=O) groups excluding carboxylic acids is 1. The molecule has 0 N–H and O–H groups in total. The molecule has 0 atom stereocenters. The summed E-state index contributed by atoms with van der Waals surface area (Å²) in [5, 5.41) is 10.7. The molecule has 0 radical (unpaired) electrons. The molecule has 0 fully saturated rings. The second-order valence-electron chi connectivity index (χ2n) is 5.80. The molecule has 0 aromatic heterocycles. The van der Waals surface area contributed by atoms with Gasteiger partial charge in [-0.2, -0.15) is 0 Å². The van der Waals surface area contributed by atoms with Gasteiger partial charge in [0.1, 0.15) is 5.75 Å². The largest absolute Gasteiger partial charge is 0.426 e. The molecule has 0 amide bonds. The van der Waals surface area contributed by atoms with Crippen LogP contribution in [0.5, 0.6) is 5.75 Å². The minimum Gasteiger partial charge on any atom is -0.426 e. The van der Waals surface area contributed by atoms with Gasteiger partial charge in [0.25, 0.3) is 5.69 Å². The van der Waals surface area contributed by atoms with Gasteiger partial charge in [-0.3, -0.25) is 14.9 Å². The third-order valence-electron chi connectivity index (χ3n) is 4.05. The number of ether oxygens (including phenoxy) is 1. The molecule has 0 aliphatic heterocycles. The maximum Gasteiger partial charge on any atom is 0.312 e. The van der Waals surface area contributed by atoms with Gasteiger partial charge in [-0.1, -0.05) is 60.7 Å². The lowest BCUT2D eigenvalue weighted by Crippen LogP contribution is -2.14. The molecule has 0 unspecified atom stereocenters. The van der Waals surface area contributed by atoms with E-state index in [2.05, 4.69) is 0 Å². The van der Waals surface area contributed by atoms with E-state index < -0.39 is 10.9 Å². The number of nitro benzene ring substituents is 1. The fourth-order valence-corrected chi connectivity index (χ4v) is 2.77. The Morgan fingerprint density at radius 1 is 0.846 bits per heavy atom. The van der Waals surface area contributed by atoms with Crippen LogP contribution in [0.1, 0.15) is 23.5 Å². The van der Waals surface area contributed by atoms with Crippen molar-refractivity contribution in [1.29, 1.82) is 0 Å². The van der Waals surface area contributed by atoms with Crippen molar-refractivity contribution in [1.82, 2.24) is 0 Å². The summed E-state index contributed by atoms with van der Waals surface area (Å²) >= 11 is 0. The van der Waals surface area contributed by atoms with E-state index in [1.54, 1.807) is 0 Å². The van der Waals surface area contributed by atoms with Crippen molar-refractivity contribution in [2.75, 3.05) is 0 Å². The predicted octanol–water partition coefficient (Wildman–Crippen LogP) is 4.72. The van der Waals surface area contributed by atoms with Gasteiger partial charge >= 0.3 is 5.97 Å². The third kappa shape index (κ3) is 4.33. The molecule has 0 saturated heterocycles. The molecule has 3 rings (SSSR count). The van der Waals surface area contributed by atoms with Gasteiger partial charge < -0.3 is 4.74 Å². The van der Waals surface area contributed by atoms with Crippen LogP contribution in [0.4, 0.5) is 5.69 Å². The van der Waals surface area contributed by atoms with Crippen molar-refractivity contribution in [3.63, 3.8) is 0 Å². The van der Waals surface area contributed by atoms with Crippen LogP contribution in [0, 0.1) is 10.1 Å². The van der Waals surface area contributed by atoms with Crippen molar-refractivity contribution in [3.05, 3.63) is 106 Å². The number of carbonyl (C=O) groups is 1. The summed E-state index contributed by atoms with van der Waals surface area (Å²) in [6.45, 7) is 0. The monoisotopic (exact) mass is 347 g/mol. The first-order chi connectivity index (χ1) is 12.6. The van der Waals surface area contributed by atoms with E-state index in [4.69, 9.17) is 4.74 Å². The fraction of sp³-hybridized carbons (Fsp3) is 0.0952. The summed E-state index contributed by atoms with van der Waals surface area (Å²) in [5.74, 6) is -0.222. The number of esters is 1. The molecule has 5 nitrogen and oxygen atoms in total. The first-order valence-corrected chi connectivity index (χ1v) is 8.18. The number of non-ortho nitro benzene ring substituents is 1. The van der Waals surface area contributed by atoms with Crippen molar-refractivity contribution in [2.24, 2.45) is 0 Å². The standard InChI is InChI=1S/C21H17NO4/c23-21(26-19-13-11-18(12-14-19)22(24)25)15-20(16-7-3-1-4-8-16)17-9-5-2-6-10-17/h1-14,20H,15H2. The lowest BCUT2D eigenvalue weighted by Gasteiger charge is -2.17. The normalized spacial score (nSPS) is 10.5. The lowest BCUT2D eigenvalue weighted by molar-refractivity contribution is -0.384. The third-order valence-corrected chi connectivity index (χ3v) is 4.05. The van der Waals surface area contributed by atoms with Crippen molar-refractivity contribution < 1.29 is 14.5 Å². The van der Waals surface area contributed by atoms with Gasteiger partial charge in [0.05, 0.1) is 11.3 Å². The first-order valence-electron chi connectivity index (χ1n) is 8.18. The van der Waals surface area contributed by atoms with Gasteiger partial charge in [-0.15, -0.1) is 0 Å². The zero-order valence-electron chi connectivity index (χ0n) is 13.9. The SMILES string of the molecule is O=C(CC(c1ccccc1)c1ccccc1)Oc1ccc([N+](=O)[O-])cc1. The number of rotatable bonds is 6. The number of hydrogen-bond donors (Lipinski definition) is 0. The second kappa shape index (κ2) is 8.07. The molecular formula is C21H17NO4. The summed E-state index contributed by atoms with van der Waals surface area (Å²) in [5.41, 5.74) is 2.01. The van der Waals surface area contributed by atoms with Gasteiger partial charge in [0.15, 0.2) is 0 Å². The van der Waals surface area contributed by atoms with Crippen LogP contribution in [0.25, 0.3) is 0 Å². The maximum absolute atomic E-state index is 12.4. The van der Waals surface area contributed by atoms with E-state index in [1.165, 1.54) is 24.3 Å². The highest BCUT2D eigenvalue weighted by molar-refractivity contribution is 5.74. The zero-order valence-corrected chi connectivity index (χ0v) is 13.9. The minimum absolute atomic E-state index is 0.0451. The molecule has 130 valence electrons. The number of nitro groups is 1. The molecule has 3 aromatic rings. The highest BCUT2D eigenvalue weighted by atomic mass is 16.6. The minimum atomic E-state index is -0.494. The van der Waals surface area contributed by atoms with Crippen molar-refractivity contribution in [3.8, 4) is 5.75 Å². The Hall–Kier alpha value is -3.47. The van der Waals surface area contributed by atoms with Gasteiger partial charge in [0, 0.05) is 18.1 Å². The van der Waals surface area contributed by atoms with Gasteiger partial charge in [0.2, 0.25) is 0 Å². The molecule has 0 bridgehead atoms. The second-order valence-corrected chi connectivity index (χ2v) is 5.80. The van der Waals surface area contributed by atoms with E-state index in [0.717, 1.165) is 11.1 Å². The van der Waals surface area contributed by atoms with Crippen LogP contribution in [0.3, 0.4) is 0 Å². The number of nitrogens with zero attached hydrogens (tertiary/aromatic N) is 1. The Kier molecular flexibility index (Phi) is 5.39. The molecule has 0 heterocycles. The Balaban J connectivity index is 1.76. The van der Waals surface area contributed by atoms with Crippen LogP contribution in [0.15, 0.2) is 84.9 Å². The Bertz CT molecular complexity index is 837. The van der Waals surface area contributed by atoms with Crippen molar-refractivity contribution >= 4 is 11.7 Å². The van der Waals surface area contributed by atoms with E-state index >= 15 is 0 Å². The zero-order chi connectivity index (χ0) is 18.4. The summed E-state index contributed by atoms with van der Waals surface area (Å²) in [6.07, 6.45) is 0.172. The van der Waals surface area contributed by atoms with Crippen molar-refractivity contribution in [2.45, 2.75) is 12.3 Å². The topological polar surface area (TPSA) is 69.4 Å². The Morgan fingerprint density at radius 2 is 1.35 bits per heavy atom. The smallest absolute Gasteiger partial charge is 0.312 e. The van der Waals surface area contributed by atoms with Crippen LogP contribution < -0.4 is 4.74 Å². The summed E-state index contributed by atoms with van der Waals surface area (Å²) in [7, 11) is 0. The van der Waals surface area contributed by atoms with Crippen LogP contribution in [-0.4, -0.2) is 10.9 Å². The average Bonchev–Trinajstić information content (AvgIpc) is 2.68. The molecule has 0 spiro atoms. The molecule has 5 heteroatoms. The molecule has 0 aliphatic carbocycles. The summed E-state index contributed by atoms with van der Waals surface area (Å²) in [4.78, 5) is 22.6. The van der Waals surface area contributed by atoms with Gasteiger partial charge in [-0.05, 0) is 23.3 Å². The molecule has 26 heavy (non-hydrogen) atoms. The highest BCUT2D eigenvalue weighted by Crippen LogP contribution is 2.28. The fourth-order valence-electron chi connectivity index (χ4n) is 2.77. The van der Waals surface area contributed by atoms with Crippen LogP contribution in [-0.2, 0) is 4.79 Å². The predicted molar refractivity (Wildman–Crippen MR) is 98.1 cm³/mol. The number of benzene rings is 3. The maximum atomic E-state index is 12.4. The quantitative estimate of drug-likeness (QED) is 0.280. The summed E-state index contributed by atoms with van der Waals surface area (Å²) in [6, 6.07) is 25.0. The first kappa shape index (κ1) is 17.4. The molecule has 3 aromatic carbocycles. The number of hydrogen-bond acceptors (Lipinski definition) is 4. The Morgan fingerprint density at radius 3 is 1.81 bits per heavy atom. The van der Waals surface area contributed by atoms with Crippen LogP contribution >= 0.6 is 0 Å².